The number of hydrogen-bond acceptors (Lipinski definition) is 8. The van der Waals surface area contributed by atoms with Gasteiger partial charge in [0.1, 0.15) is 0 Å². The van der Waals surface area contributed by atoms with Crippen LogP contribution in [-0.2, 0) is 35.0 Å². The largest absolute Gasteiger partial charge is 0.465 e. The van der Waals surface area contributed by atoms with Gasteiger partial charge in [-0.05, 0) is 42.7 Å². The van der Waals surface area contributed by atoms with Gasteiger partial charge in [-0.1, -0.05) is 42.5 Å². The molecule has 0 saturated heterocycles. The van der Waals surface area contributed by atoms with E-state index in [1.54, 1.807) is 12.1 Å². The molecule has 38 heavy (non-hydrogen) atoms. The first-order valence-electron chi connectivity index (χ1n) is 12.8. The van der Waals surface area contributed by atoms with Crippen LogP contribution < -0.4 is 5.32 Å². The van der Waals surface area contributed by atoms with Gasteiger partial charge < -0.3 is 34.1 Å². The van der Waals surface area contributed by atoms with Crippen molar-refractivity contribution in [3.05, 3.63) is 83.1 Å². The Balaban J connectivity index is 1.79. The molecule has 0 fully saturated rings. The number of aliphatic hydroxyl groups is 1. The molecule has 2 aromatic carbocycles. The molecule has 1 amide bonds. The zero-order valence-electron chi connectivity index (χ0n) is 22.0. The molecule has 1 heterocycles. The SMILES string of the molecule is CCO[C@@H]1OC(C(=O)NCc2ccccc2)=C[C@H](c2ccc(C(=O)OC)cc2)[C@H]1CCOCCOCCO. The molecule has 3 atom stereocenters. The average molecular weight is 528 g/mol. The number of hydrogen-bond donors (Lipinski definition) is 2. The van der Waals surface area contributed by atoms with Crippen molar-refractivity contribution in [2.75, 3.05) is 46.8 Å². The predicted octanol–water partition coefficient (Wildman–Crippen LogP) is 3.18. The third kappa shape index (κ3) is 8.66. The highest BCUT2D eigenvalue weighted by atomic mass is 16.7. The number of benzene rings is 2. The van der Waals surface area contributed by atoms with Gasteiger partial charge in [-0.2, -0.15) is 0 Å². The molecule has 206 valence electrons. The van der Waals surface area contributed by atoms with Gasteiger partial charge >= 0.3 is 5.97 Å². The van der Waals surface area contributed by atoms with Gasteiger partial charge in [-0.25, -0.2) is 4.79 Å². The molecule has 0 saturated carbocycles. The highest BCUT2D eigenvalue weighted by Gasteiger charge is 2.38. The quantitative estimate of drug-likeness (QED) is 0.268. The van der Waals surface area contributed by atoms with Gasteiger partial charge in [0.2, 0.25) is 6.29 Å². The van der Waals surface area contributed by atoms with E-state index >= 15 is 0 Å². The molecule has 0 radical (unpaired) electrons. The summed E-state index contributed by atoms with van der Waals surface area (Å²) in [6, 6.07) is 16.8. The van der Waals surface area contributed by atoms with E-state index in [0.29, 0.717) is 45.0 Å². The van der Waals surface area contributed by atoms with Crippen LogP contribution in [0.4, 0.5) is 0 Å². The fraction of sp³-hybridized carbons (Fsp3) is 0.448. The molecule has 0 aromatic heterocycles. The van der Waals surface area contributed by atoms with Crippen LogP contribution >= 0.6 is 0 Å². The number of ether oxygens (including phenoxy) is 5. The number of allylic oxidation sites excluding steroid dienone is 1. The van der Waals surface area contributed by atoms with Gasteiger partial charge in [-0.3, -0.25) is 4.79 Å². The van der Waals surface area contributed by atoms with Crippen LogP contribution in [0.3, 0.4) is 0 Å². The van der Waals surface area contributed by atoms with Crippen molar-refractivity contribution < 1.29 is 38.4 Å². The van der Waals surface area contributed by atoms with Crippen LogP contribution in [-0.4, -0.2) is 70.0 Å². The number of aliphatic hydroxyl groups excluding tert-OH is 1. The lowest BCUT2D eigenvalue weighted by molar-refractivity contribution is -0.168. The summed E-state index contributed by atoms with van der Waals surface area (Å²) < 4.78 is 27.8. The Labute approximate surface area is 223 Å². The molecule has 0 aliphatic carbocycles. The second kappa shape index (κ2) is 15.9. The van der Waals surface area contributed by atoms with E-state index in [1.807, 2.05) is 55.5 Å². The third-order valence-electron chi connectivity index (χ3n) is 6.16. The van der Waals surface area contributed by atoms with E-state index in [-0.39, 0.29) is 36.7 Å². The molecule has 9 heteroatoms. The third-order valence-corrected chi connectivity index (χ3v) is 6.16. The van der Waals surface area contributed by atoms with Crippen LogP contribution in [0.2, 0.25) is 0 Å². The fourth-order valence-corrected chi connectivity index (χ4v) is 4.25. The van der Waals surface area contributed by atoms with Crippen molar-refractivity contribution in [1.82, 2.24) is 5.32 Å². The van der Waals surface area contributed by atoms with Crippen LogP contribution in [0.15, 0.2) is 66.4 Å². The van der Waals surface area contributed by atoms with Crippen LogP contribution in [0.25, 0.3) is 0 Å². The highest BCUT2D eigenvalue weighted by molar-refractivity contribution is 5.92. The second-order valence-electron chi connectivity index (χ2n) is 8.68. The van der Waals surface area contributed by atoms with Crippen molar-refractivity contribution in [3.63, 3.8) is 0 Å². The summed E-state index contributed by atoms with van der Waals surface area (Å²) in [6.45, 7) is 4.12. The van der Waals surface area contributed by atoms with E-state index in [9.17, 15) is 9.59 Å². The lowest BCUT2D eigenvalue weighted by Crippen LogP contribution is -2.39. The normalized spacial score (nSPS) is 18.8. The first-order valence-corrected chi connectivity index (χ1v) is 12.8. The Morgan fingerprint density at radius 2 is 1.68 bits per heavy atom. The van der Waals surface area contributed by atoms with Gasteiger partial charge in [0.25, 0.3) is 5.91 Å². The lowest BCUT2D eigenvalue weighted by Gasteiger charge is -2.37. The van der Waals surface area contributed by atoms with E-state index < -0.39 is 12.3 Å². The minimum Gasteiger partial charge on any atom is -0.465 e. The molecule has 3 rings (SSSR count). The fourth-order valence-electron chi connectivity index (χ4n) is 4.25. The smallest absolute Gasteiger partial charge is 0.337 e. The molecular weight excluding hydrogens is 490 g/mol. The number of nitrogens with one attached hydrogen (secondary N) is 1. The highest BCUT2D eigenvalue weighted by Crippen LogP contribution is 2.39. The van der Waals surface area contributed by atoms with Gasteiger partial charge in [0, 0.05) is 31.6 Å². The molecule has 1 aliphatic heterocycles. The molecule has 0 spiro atoms. The minimum atomic E-state index is -0.665. The molecular formula is C29H37NO8. The van der Waals surface area contributed by atoms with Crippen molar-refractivity contribution in [2.24, 2.45) is 5.92 Å². The summed E-state index contributed by atoms with van der Waals surface area (Å²) >= 11 is 0. The summed E-state index contributed by atoms with van der Waals surface area (Å²) in [7, 11) is 1.34. The molecule has 0 unspecified atom stereocenters. The first-order chi connectivity index (χ1) is 18.6. The summed E-state index contributed by atoms with van der Waals surface area (Å²) in [4.78, 5) is 25.0. The van der Waals surface area contributed by atoms with E-state index in [4.69, 9.17) is 28.8 Å². The van der Waals surface area contributed by atoms with Crippen molar-refractivity contribution in [2.45, 2.75) is 32.1 Å². The predicted molar refractivity (Wildman–Crippen MR) is 140 cm³/mol. The topological polar surface area (TPSA) is 113 Å². The summed E-state index contributed by atoms with van der Waals surface area (Å²) in [6.07, 6.45) is 1.75. The van der Waals surface area contributed by atoms with Crippen LogP contribution in [0, 0.1) is 5.92 Å². The van der Waals surface area contributed by atoms with Crippen molar-refractivity contribution >= 4 is 11.9 Å². The number of carbonyl (C=O) groups excluding carboxylic acids is 2. The molecule has 2 N–H and O–H groups in total. The molecule has 1 aliphatic rings. The standard InChI is InChI=1S/C29H37NO8/c1-3-37-29-24(13-15-35-17-18-36-16-14-31)25(22-9-11-23(12-10-22)28(33)34-2)19-26(38-29)27(32)30-20-21-7-5-4-6-8-21/h4-12,19,24-25,29,31H,3,13-18,20H2,1-2H3,(H,30,32)/t24-,25-,29-/m1/s1. The number of methoxy groups -OCH3 is 1. The summed E-state index contributed by atoms with van der Waals surface area (Å²) in [5, 5.41) is 11.7. The number of carbonyl (C=O) groups is 2. The maximum Gasteiger partial charge on any atom is 0.337 e. The maximum atomic E-state index is 13.1. The molecule has 0 bridgehead atoms. The molecule has 9 nitrogen and oxygen atoms in total. The number of amides is 1. The zero-order valence-corrected chi connectivity index (χ0v) is 22.0. The summed E-state index contributed by atoms with van der Waals surface area (Å²) in [5.74, 6) is -0.927. The van der Waals surface area contributed by atoms with Gasteiger partial charge in [-0.15, -0.1) is 0 Å². The van der Waals surface area contributed by atoms with Gasteiger partial charge in [0.05, 0.1) is 39.1 Å². The Hall–Kier alpha value is -3.24. The van der Waals surface area contributed by atoms with Crippen LogP contribution in [0.5, 0.6) is 0 Å². The Bertz CT molecular complexity index is 1020. The van der Waals surface area contributed by atoms with Gasteiger partial charge in [0.15, 0.2) is 5.76 Å². The number of rotatable bonds is 15. The average Bonchev–Trinajstić information content (AvgIpc) is 2.96. The zero-order chi connectivity index (χ0) is 27.2. The Morgan fingerprint density at radius 3 is 2.34 bits per heavy atom. The van der Waals surface area contributed by atoms with Crippen molar-refractivity contribution in [3.8, 4) is 0 Å². The van der Waals surface area contributed by atoms with E-state index in [0.717, 1.165) is 11.1 Å². The monoisotopic (exact) mass is 527 g/mol. The van der Waals surface area contributed by atoms with E-state index in [1.165, 1.54) is 7.11 Å². The maximum absolute atomic E-state index is 13.1. The Kier molecular flexibility index (Phi) is 12.3. The van der Waals surface area contributed by atoms with Crippen LogP contribution in [0.1, 0.15) is 40.7 Å². The second-order valence-corrected chi connectivity index (χ2v) is 8.68. The number of esters is 1. The summed E-state index contributed by atoms with van der Waals surface area (Å²) in [5.41, 5.74) is 2.33. The molecule has 2 aromatic rings. The van der Waals surface area contributed by atoms with E-state index in [2.05, 4.69) is 5.32 Å². The first kappa shape index (κ1) is 29.3. The van der Waals surface area contributed by atoms with Crippen molar-refractivity contribution in [1.29, 1.82) is 0 Å². The minimum absolute atomic E-state index is 0.0283. The lowest BCUT2D eigenvalue weighted by atomic mass is 9.81. The Morgan fingerprint density at radius 1 is 0.974 bits per heavy atom.